The molecule has 2 rings (SSSR count). The summed E-state index contributed by atoms with van der Waals surface area (Å²) in [4.78, 5) is 15.5. The Bertz CT molecular complexity index is 373. The Morgan fingerprint density at radius 1 is 1.43 bits per heavy atom. The van der Waals surface area contributed by atoms with Crippen LogP contribution in [-0.4, -0.2) is 16.4 Å². The average Bonchev–Trinajstić information content (AvgIpc) is 2.16. The largest absolute Gasteiger partial charge is 0.377 e. The second kappa shape index (κ2) is 2.97. The number of aromatic nitrogens is 1. The van der Waals surface area contributed by atoms with E-state index < -0.39 is 0 Å². The predicted octanol–water partition coefficient (Wildman–Crippen LogP) is 1.61. The van der Waals surface area contributed by atoms with E-state index in [1.807, 2.05) is 13.8 Å². The Balaban J connectivity index is 2.42. The van der Waals surface area contributed by atoms with Crippen molar-refractivity contribution < 1.29 is 4.79 Å². The highest BCUT2D eigenvalue weighted by Gasteiger charge is 2.26. The molecule has 1 amide bonds. The van der Waals surface area contributed by atoms with Gasteiger partial charge in [-0.2, -0.15) is 0 Å². The summed E-state index contributed by atoms with van der Waals surface area (Å²) in [6.07, 6.45) is 3.85. The summed E-state index contributed by atoms with van der Waals surface area (Å²) in [6, 6.07) is 1.79. The third kappa shape index (κ3) is 1.69. The number of hydrogen-bond acceptors (Lipinski definition) is 3. The number of nitrogens with one attached hydrogen (secondary N) is 2. The Morgan fingerprint density at radius 2 is 2.21 bits per heavy atom. The van der Waals surface area contributed by atoms with Crippen molar-refractivity contribution in [3.63, 3.8) is 0 Å². The molecule has 0 aromatic carbocycles. The molecule has 0 aliphatic carbocycles. The first kappa shape index (κ1) is 8.99. The molecule has 0 fully saturated rings. The third-order valence-corrected chi connectivity index (χ3v) is 2.17. The molecule has 0 saturated heterocycles. The van der Waals surface area contributed by atoms with Crippen molar-refractivity contribution in [3.8, 4) is 0 Å². The third-order valence-electron chi connectivity index (χ3n) is 2.17. The van der Waals surface area contributed by atoms with Gasteiger partial charge in [0, 0.05) is 18.2 Å². The van der Waals surface area contributed by atoms with Gasteiger partial charge < -0.3 is 10.6 Å². The van der Waals surface area contributed by atoms with E-state index in [9.17, 15) is 4.79 Å². The first-order valence-electron chi connectivity index (χ1n) is 4.59. The lowest BCUT2D eigenvalue weighted by Crippen LogP contribution is -2.32. The maximum atomic E-state index is 11.5. The number of fused-ring (bicyclic) bond motifs is 1. The highest BCUT2D eigenvalue weighted by atomic mass is 16.1. The van der Waals surface area contributed by atoms with Crippen molar-refractivity contribution >= 4 is 17.3 Å². The van der Waals surface area contributed by atoms with Crippen molar-refractivity contribution in [2.75, 3.05) is 10.6 Å². The van der Waals surface area contributed by atoms with Crippen molar-refractivity contribution in [1.29, 1.82) is 0 Å². The molecule has 4 nitrogen and oxygen atoms in total. The number of anilines is 2. The van der Waals surface area contributed by atoms with Crippen LogP contribution in [0.5, 0.6) is 0 Å². The molecule has 2 N–H and O–H groups in total. The fraction of sp³-hybridized carbons (Fsp3) is 0.400. The number of amides is 1. The maximum absolute atomic E-state index is 11.5. The summed E-state index contributed by atoms with van der Waals surface area (Å²) < 4.78 is 0. The lowest BCUT2D eigenvalue weighted by atomic mass is 10.0. The van der Waals surface area contributed by atoms with Gasteiger partial charge in [0.2, 0.25) is 5.91 Å². The number of rotatable bonds is 0. The van der Waals surface area contributed by atoms with Gasteiger partial charge in [-0.3, -0.25) is 9.78 Å². The van der Waals surface area contributed by atoms with Crippen LogP contribution in [-0.2, 0) is 4.79 Å². The zero-order valence-electron chi connectivity index (χ0n) is 8.29. The summed E-state index contributed by atoms with van der Waals surface area (Å²) >= 11 is 0. The van der Waals surface area contributed by atoms with Gasteiger partial charge in [0.05, 0.1) is 17.6 Å². The van der Waals surface area contributed by atoms with E-state index in [0.717, 1.165) is 11.4 Å². The Kier molecular flexibility index (Phi) is 1.91. The highest BCUT2D eigenvalue weighted by Crippen LogP contribution is 2.28. The lowest BCUT2D eigenvalue weighted by molar-refractivity contribution is -0.116. The Hall–Kier alpha value is -1.58. The molecule has 0 atom stereocenters. The van der Waals surface area contributed by atoms with Gasteiger partial charge in [0.25, 0.3) is 0 Å². The minimum atomic E-state index is -0.224. The summed E-state index contributed by atoms with van der Waals surface area (Å²) in [5.74, 6) is 0.0347. The molecule has 1 aromatic rings. The molecule has 1 aromatic heterocycles. The molecular formula is C10H13N3O. The zero-order chi connectivity index (χ0) is 10.2. The van der Waals surface area contributed by atoms with Gasteiger partial charge >= 0.3 is 0 Å². The highest BCUT2D eigenvalue weighted by molar-refractivity contribution is 5.96. The fourth-order valence-electron chi connectivity index (χ4n) is 1.61. The summed E-state index contributed by atoms with van der Waals surface area (Å²) in [5, 5.41) is 6.12. The van der Waals surface area contributed by atoms with Crippen LogP contribution in [0.3, 0.4) is 0 Å². The van der Waals surface area contributed by atoms with E-state index in [1.165, 1.54) is 0 Å². The SMILES string of the molecule is CC1(C)CC(=O)Nc2ccncc2N1. The molecule has 1 aliphatic heterocycles. The zero-order valence-corrected chi connectivity index (χ0v) is 8.29. The minimum absolute atomic E-state index is 0.0347. The molecule has 74 valence electrons. The second-order valence-electron chi connectivity index (χ2n) is 4.16. The van der Waals surface area contributed by atoms with Crippen LogP contribution in [0, 0.1) is 0 Å². The molecule has 2 heterocycles. The molecule has 4 heteroatoms. The van der Waals surface area contributed by atoms with Crippen LogP contribution >= 0.6 is 0 Å². The number of carbonyl (C=O) groups is 1. The van der Waals surface area contributed by atoms with Crippen LogP contribution < -0.4 is 10.6 Å². The molecule has 0 saturated carbocycles. The normalized spacial score (nSPS) is 18.9. The molecule has 0 radical (unpaired) electrons. The Morgan fingerprint density at radius 3 is 3.00 bits per heavy atom. The lowest BCUT2D eigenvalue weighted by Gasteiger charge is -2.23. The van der Waals surface area contributed by atoms with Gasteiger partial charge in [0.15, 0.2) is 0 Å². The van der Waals surface area contributed by atoms with Gasteiger partial charge in [-0.1, -0.05) is 0 Å². The second-order valence-corrected chi connectivity index (χ2v) is 4.16. The topological polar surface area (TPSA) is 54.0 Å². The van der Waals surface area contributed by atoms with Crippen LogP contribution in [0.2, 0.25) is 0 Å². The predicted molar refractivity (Wildman–Crippen MR) is 55.2 cm³/mol. The van der Waals surface area contributed by atoms with Gasteiger partial charge in [-0.15, -0.1) is 0 Å². The van der Waals surface area contributed by atoms with Crippen molar-refractivity contribution in [2.24, 2.45) is 0 Å². The number of pyridine rings is 1. The van der Waals surface area contributed by atoms with E-state index in [0.29, 0.717) is 6.42 Å². The van der Waals surface area contributed by atoms with E-state index in [4.69, 9.17) is 0 Å². The average molecular weight is 191 g/mol. The fourth-order valence-corrected chi connectivity index (χ4v) is 1.61. The van der Waals surface area contributed by atoms with Crippen LogP contribution in [0.15, 0.2) is 18.5 Å². The smallest absolute Gasteiger partial charge is 0.226 e. The summed E-state index contributed by atoms with van der Waals surface area (Å²) in [6.45, 7) is 3.99. The van der Waals surface area contributed by atoms with E-state index in [2.05, 4.69) is 15.6 Å². The molecule has 0 bridgehead atoms. The minimum Gasteiger partial charge on any atom is -0.377 e. The van der Waals surface area contributed by atoms with E-state index >= 15 is 0 Å². The van der Waals surface area contributed by atoms with Gasteiger partial charge in [-0.05, 0) is 19.9 Å². The van der Waals surface area contributed by atoms with Crippen molar-refractivity contribution in [3.05, 3.63) is 18.5 Å². The van der Waals surface area contributed by atoms with Crippen LogP contribution in [0.4, 0.5) is 11.4 Å². The van der Waals surface area contributed by atoms with Crippen LogP contribution in [0.1, 0.15) is 20.3 Å². The van der Waals surface area contributed by atoms with Gasteiger partial charge in [0.1, 0.15) is 0 Å². The summed E-state index contributed by atoms with van der Waals surface area (Å²) in [7, 11) is 0. The van der Waals surface area contributed by atoms with E-state index in [-0.39, 0.29) is 11.4 Å². The number of hydrogen-bond donors (Lipinski definition) is 2. The molecule has 14 heavy (non-hydrogen) atoms. The monoisotopic (exact) mass is 191 g/mol. The maximum Gasteiger partial charge on any atom is 0.226 e. The van der Waals surface area contributed by atoms with Crippen LogP contribution in [0.25, 0.3) is 0 Å². The van der Waals surface area contributed by atoms with Crippen molar-refractivity contribution in [2.45, 2.75) is 25.8 Å². The van der Waals surface area contributed by atoms with Gasteiger partial charge in [-0.25, -0.2) is 0 Å². The molecular weight excluding hydrogens is 178 g/mol. The summed E-state index contributed by atoms with van der Waals surface area (Å²) in [5.41, 5.74) is 1.46. The number of carbonyl (C=O) groups excluding carboxylic acids is 1. The van der Waals surface area contributed by atoms with E-state index in [1.54, 1.807) is 18.5 Å². The molecule has 0 spiro atoms. The molecule has 1 aliphatic rings. The quantitative estimate of drug-likeness (QED) is 0.655. The first-order chi connectivity index (χ1) is 6.57. The van der Waals surface area contributed by atoms with Crippen molar-refractivity contribution in [1.82, 2.24) is 4.98 Å². The first-order valence-corrected chi connectivity index (χ1v) is 4.59. The molecule has 0 unspecified atom stereocenters. The Labute approximate surface area is 82.7 Å². The standard InChI is InChI=1S/C10H13N3O/c1-10(2)5-9(14)12-7-3-4-11-6-8(7)13-10/h3-4,6,13H,5H2,1-2H3,(H,12,14). The number of nitrogens with zero attached hydrogens (tertiary/aromatic N) is 1.